The number of para-hydroxylation sites is 1. The minimum absolute atomic E-state index is 0.279. The van der Waals surface area contributed by atoms with Gasteiger partial charge in [0.1, 0.15) is 0 Å². The van der Waals surface area contributed by atoms with Crippen LogP contribution in [0.3, 0.4) is 0 Å². The zero-order chi connectivity index (χ0) is 18.4. The van der Waals surface area contributed by atoms with Gasteiger partial charge in [-0.1, -0.05) is 12.1 Å². The Labute approximate surface area is 152 Å². The second-order valence-corrected chi connectivity index (χ2v) is 6.24. The van der Waals surface area contributed by atoms with E-state index in [1.807, 2.05) is 30.3 Å². The van der Waals surface area contributed by atoms with E-state index in [1.165, 1.54) is 6.42 Å². The van der Waals surface area contributed by atoms with Crippen molar-refractivity contribution in [2.24, 2.45) is 5.73 Å². The Morgan fingerprint density at radius 2 is 1.88 bits per heavy atom. The third kappa shape index (κ3) is 4.30. The van der Waals surface area contributed by atoms with Crippen LogP contribution in [0.1, 0.15) is 35.3 Å². The number of carbonyl (C=O) groups excluding carboxylic acids is 2. The molecule has 136 valence electrons. The molecule has 0 atom stereocenters. The standard InChI is InChI=1S/C19H23N5O2/c20-19(26)23-17-15(18(25)22-13-14-7-2-3-10-21-14)8-6-9-16(17)24-11-4-1-5-12-24/h2-3,6-10H,1,4-5,11-13H2,(H,22,25)(H3,20,23,26). The van der Waals surface area contributed by atoms with Crippen molar-refractivity contribution < 1.29 is 9.59 Å². The Hall–Kier alpha value is -3.09. The van der Waals surface area contributed by atoms with Crippen LogP contribution in [0, 0.1) is 0 Å². The van der Waals surface area contributed by atoms with Gasteiger partial charge in [-0.3, -0.25) is 9.78 Å². The molecule has 2 heterocycles. The molecule has 4 N–H and O–H groups in total. The molecule has 2 aromatic rings. The number of hydrogen-bond donors (Lipinski definition) is 3. The Bertz CT molecular complexity index is 773. The average Bonchev–Trinajstić information content (AvgIpc) is 2.67. The van der Waals surface area contributed by atoms with E-state index in [-0.39, 0.29) is 5.91 Å². The van der Waals surface area contributed by atoms with Crippen LogP contribution >= 0.6 is 0 Å². The predicted molar refractivity (Wildman–Crippen MR) is 101 cm³/mol. The first-order chi connectivity index (χ1) is 12.6. The summed E-state index contributed by atoms with van der Waals surface area (Å²) in [6.07, 6.45) is 5.05. The molecule has 0 aliphatic carbocycles. The summed E-state index contributed by atoms with van der Waals surface area (Å²) in [5.74, 6) is -0.279. The number of piperidine rings is 1. The minimum atomic E-state index is -0.687. The summed E-state index contributed by atoms with van der Waals surface area (Å²) >= 11 is 0. The average molecular weight is 353 g/mol. The number of primary amides is 1. The van der Waals surface area contributed by atoms with Gasteiger partial charge in [-0.15, -0.1) is 0 Å². The quantitative estimate of drug-likeness (QED) is 0.769. The van der Waals surface area contributed by atoms with Crippen molar-refractivity contribution in [2.45, 2.75) is 25.8 Å². The molecule has 3 rings (SSSR count). The number of nitrogens with one attached hydrogen (secondary N) is 2. The van der Waals surface area contributed by atoms with Crippen LogP contribution in [0.4, 0.5) is 16.2 Å². The van der Waals surface area contributed by atoms with Crippen molar-refractivity contribution in [2.75, 3.05) is 23.3 Å². The highest BCUT2D eigenvalue weighted by Gasteiger charge is 2.21. The molecule has 0 unspecified atom stereocenters. The Kier molecular flexibility index (Phi) is 5.68. The predicted octanol–water partition coefficient (Wildman–Crippen LogP) is 2.49. The fourth-order valence-corrected chi connectivity index (χ4v) is 3.15. The van der Waals surface area contributed by atoms with Crippen LogP contribution in [0.25, 0.3) is 0 Å². The molecule has 0 bridgehead atoms. The van der Waals surface area contributed by atoms with Gasteiger partial charge in [0.15, 0.2) is 0 Å². The van der Waals surface area contributed by atoms with E-state index < -0.39 is 6.03 Å². The van der Waals surface area contributed by atoms with E-state index in [2.05, 4.69) is 20.5 Å². The third-order valence-electron chi connectivity index (χ3n) is 4.39. The van der Waals surface area contributed by atoms with Crippen molar-refractivity contribution in [3.05, 3.63) is 53.9 Å². The highest BCUT2D eigenvalue weighted by molar-refractivity contribution is 6.06. The van der Waals surface area contributed by atoms with E-state index in [0.717, 1.165) is 37.3 Å². The lowest BCUT2D eigenvalue weighted by molar-refractivity contribution is 0.0951. The van der Waals surface area contributed by atoms with Crippen LogP contribution in [-0.4, -0.2) is 30.0 Å². The molecule has 1 saturated heterocycles. The zero-order valence-electron chi connectivity index (χ0n) is 14.6. The summed E-state index contributed by atoms with van der Waals surface area (Å²) < 4.78 is 0. The molecule has 1 aliphatic heterocycles. The van der Waals surface area contributed by atoms with E-state index in [9.17, 15) is 9.59 Å². The van der Waals surface area contributed by atoms with Crippen LogP contribution in [0.5, 0.6) is 0 Å². The molecule has 7 nitrogen and oxygen atoms in total. The van der Waals surface area contributed by atoms with Crippen molar-refractivity contribution >= 4 is 23.3 Å². The monoisotopic (exact) mass is 353 g/mol. The minimum Gasteiger partial charge on any atom is -0.370 e. The molecular formula is C19H23N5O2. The summed E-state index contributed by atoms with van der Waals surface area (Å²) in [5.41, 5.74) is 7.79. The van der Waals surface area contributed by atoms with E-state index >= 15 is 0 Å². The van der Waals surface area contributed by atoms with Gasteiger partial charge in [-0.2, -0.15) is 0 Å². The van der Waals surface area contributed by atoms with Gasteiger partial charge in [0.2, 0.25) is 0 Å². The molecule has 1 aliphatic rings. The lowest BCUT2D eigenvalue weighted by Crippen LogP contribution is -2.32. The van der Waals surface area contributed by atoms with E-state index in [1.54, 1.807) is 12.3 Å². The molecule has 0 radical (unpaired) electrons. The van der Waals surface area contributed by atoms with Crippen molar-refractivity contribution in [1.29, 1.82) is 0 Å². The van der Waals surface area contributed by atoms with Crippen molar-refractivity contribution in [3.8, 4) is 0 Å². The van der Waals surface area contributed by atoms with Gasteiger partial charge in [-0.25, -0.2) is 4.79 Å². The maximum Gasteiger partial charge on any atom is 0.316 e. The number of urea groups is 1. The second kappa shape index (κ2) is 8.33. The third-order valence-corrected chi connectivity index (χ3v) is 4.39. The normalized spacial score (nSPS) is 13.9. The van der Waals surface area contributed by atoms with Gasteiger partial charge in [0.25, 0.3) is 5.91 Å². The Morgan fingerprint density at radius 3 is 2.58 bits per heavy atom. The number of pyridine rings is 1. The lowest BCUT2D eigenvalue weighted by Gasteiger charge is -2.31. The largest absolute Gasteiger partial charge is 0.370 e. The van der Waals surface area contributed by atoms with Gasteiger partial charge in [0.05, 0.1) is 29.2 Å². The Morgan fingerprint density at radius 1 is 1.08 bits per heavy atom. The van der Waals surface area contributed by atoms with Crippen molar-refractivity contribution in [1.82, 2.24) is 10.3 Å². The summed E-state index contributed by atoms with van der Waals surface area (Å²) in [5, 5.41) is 5.49. The van der Waals surface area contributed by atoms with E-state index in [4.69, 9.17) is 5.73 Å². The fourth-order valence-electron chi connectivity index (χ4n) is 3.15. The van der Waals surface area contributed by atoms with E-state index in [0.29, 0.717) is 17.8 Å². The van der Waals surface area contributed by atoms with Crippen LogP contribution in [-0.2, 0) is 6.54 Å². The molecule has 1 aromatic carbocycles. The highest BCUT2D eigenvalue weighted by Crippen LogP contribution is 2.31. The first-order valence-corrected chi connectivity index (χ1v) is 8.77. The smallest absolute Gasteiger partial charge is 0.316 e. The van der Waals surface area contributed by atoms with Crippen molar-refractivity contribution in [3.63, 3.8) is 0 Å². The second-order valence-electron chi connectivity index (χ2n) is 6.24. The summed E-state index contributed by atoms with van der Waals surface area (Å²) in [6, 6.07) is 10.3. The van der Waals surface area contributed by atoms with Gasteiger partial charge < -0.3 is 21.3 Å². The number of aromatic nitrogens is 1. The highest BCUT2D eigenvalue weighted by atomic mass is 16.2. The summed E-state index contributed by atoms with van der Waals surface area (Å²) in [4.78, 5) is 30.6. The number of carbonyl (C=O) groups is 2. The molecule has 26 heavy (non-hydrogen) atoms. The first-order valence-electron chi connectivity index (χ1n) is 8.77. The summed E-state index contributed by atoms with van der Waals surface area (Å²) in [6.45, 7) is 2.10. The molecule has 0 spiro atoms. The molecule has 1 aromatic heterocycles. The van der Waals surface area contributed by atoms with Gasteiger partial charge >= 0.3 is 6.03 Å². The maximum absolute atomic E-state index is 12.7. The fraction of sp³-hybridized carbons (Fsp3) is 0.316. The molecule has 3 amide bonds. The maximum atomic E-state index is 12.7. The van der Waals surface area contributed by atoms with Crippen LogP contribution in [0.2, 0.25) is 0 Å². The number of amides is 3. The number of benzene rings is 1. The SMILES string of the molecule is NC(=O)Nc1c(C(=O)NCc2ccccn2)cccc1N1CCCCC1. The number of anilines is 2. The molecule has 7 heteroatoms. The summed E-state index contributed by atoms with van der Waals surface area (Å²) in [7, 11) is 0. The van der Waals surface area contributed by atoms with Crippen LogP contribution in [0.15, 0.2) is 42.6 Å². The number of rotatable bonds is 5. The topological polar surface area (TPSA) is 100 Å². The molecule has 1 fully saturated rings. The molecular weight excluding hydrogens is 330 g/mol. The van der Waals surface area contributed by atoms with Gasteiger partial charge in [-0.05, 0) is 43.5 Å². The first kappa shape index (κ1) is 17.7. The number of nitrogens with two attached hydrogens (primary N) is 1. The molecule has 0 saturated carbocycles. The number of nitrogens with zero attached hydrogens (tertiary/aromatic N) is 2. The Balaban J connectivity index is 1.84. The number of hydrogen-bond acceptors (Lipinski definition) is 4. The van der Waals surface area contributed by atoms with Crippen LogP contribution < -0.4 is 21.3 Å². The zero-order valence-corrected chi connectivity index (χ0v) is 14.6. The van der Waals surface area contributed by atoms with Gasteiger partial charge in [0, 0.05) is 19.3 Å². The lowest BCUT2D eigenvalue weighted by atomic mass is 10.1.